The van der Waals surface area contributed by atoms with Crippen molar-refractivity contribution in [3.63, 3.8) is 0 Å². The molecule has 0 aliphatic heterocycles. The van der Waals surface area contributed by atoms with E-state index in [1.165, 1.54) is 6.20 Å². The lowest BCUT2D eigenvalue weighted by atomic mass is 10.0. The van der Waals surface area contributed by atoms with Crippen molar-refractivity contribution in [3.8, 4) is 0 Å². The molecule has 0 saturated heterocycles. The summed E-state index contributed by atoms with van der Waals surface area (Å²) < 4.78 is 16.3. The fourth-order valence-corrected chi connectivity index (χ4v) is 2.40. The maximum Gasteiger partial charge on any atom is 0.146 e. The molecule has 0 aromatic carbocycles. The summed E-state index contributed by atoms with van der Waals surface area (Å²) in [5.74, 6) is -0.375. The van der Waals surface area contributed by atoms with Crippen LogP contribution < -0.4 is 5.73 Å². The molecule has 0 fully saturated rings. The number of nitrogens with zero attached hydrogens (tertiary/aromatic N) is 3. The number of halogens is 2. The van der Waals surface area contributed by atoms with Gasteiger partial charge in [-0.2, -0.15) is 5.10 Å². The van der Waals surface area contributed by atoms with Crippen molar-refractivity contribution in [2.75, 3.05) is 0 Å². The number of aromatic nitrogens is 3. The van der Waals surface area contributed by atoms with Crippen molar-refractivity contribution >= 4 is 15.9 Å². The Morgan fingerprint density at radius 2 is 2.28 bits per heavy atom. The minimum atomic E-state index is -0.418. The molecule has 6 heteroatoms. The van der Waals surface area contributed by atoms with E-state index in [1.54, 1.807) is 16.9 Å². The van der Waals surface area contributed by atoms with Crippen LogP contribution in [0.15, 0.2) is 22.9 Å². The maximum absolute atomic E-state index is 13.6. The van der Waals surface area contributed by atoms with Crippen LogP contribution in [0, 0.1) is 12.7 Å². The van der Waals surface area contributed by atoms with Gasteiger partial charge in [-0.3, -0.25) is 9.67 Å². The number of rotatable bonds is 3. The molecule has 0 spiro atoms. The summed E-state index contributed by atoms with van der Waals surface area (Å²) in [5, 5.41) is 4.29. The lowest BCUT2D eigenvalue weighted by molar-refractivity contribution is 0.563. The molecule has 0 bridgehead atoms. The summed E-state index contributed by atoms with van der Waals surface area (Å²) >= 11 is 3.48. The van der Waals surface area contributed by atoms with Crippen molar-refractivity contribution in [2.24, 2.45) is 12.8 Å². The van der Waals surface area contributed by atoms with E-state index >= 15 is 0 Å². The minimum Gasteiger partial charge on any atom is -0.324 e. The third-order valence-corrected chi connectivity index (χ3v) is 3.91. The van der Waals surface area contributed by atoms with Gasteiger partial charge in [0.1, 0.15) is 5.82 Å². The van der Waals surface area contributed by atoms with Gasteiger partial charge in [0.05, 0.1) is 22.1 Å². The maximum atomic E-state index is 13.6. The van der Waals surface area contributed by atoms with Gasteiger partial charge in [-0.05, 0) is 28.9 Å². The minimum absolute atomic E-state index is 0.375. The van der Waals surface area contributed by atoms with Crippen LogP contribution in [0.1, 0.15) is 23.0 Å². The zero-order chi connectivity index (χ0) is 13.3. The fourth-order valence-electron chi connectivity index (χ4n) is 1.91. The molecule has 96 valence electrons. The van der Waals surface area contributed by atoms with Gasteiger partial charge in [0.2, 0.25) is 0 Å². The SMILES string of the molecule is Cc1nn(C)c(CC(N)c2ccncc2F)c1Br. The topological polar surface area (TPSA) is 56.7 Å². The number of hydrogen-bond donors (Lipinski definition) is 1. The van der Waals surface area contributed by atoms with Gasteiger partial charge in [-0.15, -0.1) is 0 Å². The lowest BCUT2D eigenvalue weighted by Gasteiger charge is -2.13. The standard InChI is InChI=1S/C12H14BrFN4/c1-7-12(13)11(18(2)17-7)5-10(15)8-3-4-16-6-9(8)14/h3-4,6,10H,5,15H2,1-2H3. The van der Waals surface area contributed by atoms with Crippen LogP contribution in [0.5, 0.6) is 0 Å². The normalized spacial score (nSPS) is 12.7. The monoisotopic (exact) mass is 312 g/mol. The predicted octanol–water partition coefficient (Wildman–Crippen LogP) is 2.27. The van der Waals surface area contributed by atoms with Gasteiger partial charge in [0, 0.05) is 31.3 Å². The molecule has 2 N–H and O–H groups in total. The van der Waals surface area contributed by atoms with Crippen LogP contribution in [0.25, 0.3) is 0 Å². The first-order chi connectivity index (χ1) is 8.50. The van der Waals surface area contributed by atoms with E-state index < -0.39 is 6.04 Å². The van der Waals surface area contributed by atoms with Crippen LogP contribution in [0.4, 0.5) is 4.39 Å². The van der Waals surface area contributed by atoms with Crippen LogP contribution in [0.3, 0.4) is 0 Å². The van der Waals surface area contributed by atoms with Crippen molar-refractivity contribution in [1.29, 1.82) is 0 Å². The number of pyridine rings is 1. The first-order valence-corrected chi connectivity index (χ1v) is 6.33. The molecule has 18 heavy (non-hydrogen) atoms. The predicted molar refractivity (Wildman–Crippen MR) is 70.5 cm³/mol. The zero-order valence-electron chi connectivity index (χ0n) is 10.2. The Labute approximate surface area is 113 Å². The molecule has 2 heterocycles. The second kappa shape index (κ2) is 5.16. The van der Waals surface area contributed by atoms with E-state index in [2.05, 4.69) is 26.0 Å². The summed E-state index contributed by atoms with van der Waals surface area (Å²) in [6.07, 6.45) is 3.24. The summed E-state index contributed by atoms with van der Waals surface area (Å²) in [4.78, 5) is 3.72. The lowest BCUT2D eigenvalue weighted by Crippen LogP contribution is -2.17. The highest BCUT2D eigenvalue weighted by molar-refractivity contribution is 9.10. The van der Waals surface area contributed by atoms with Gasteiger partial charge in [-0.25, -0.2) is 4.39 Å². The Hall–Kier alpha value is -1.27. The van der Waals surface area contributed by atoms with E-state index in [-0.39, 0.29) is 5.82 Å². The number of nitrogens with two attached hydrogens (primary N) is 1. The van der Waals surface area contributed by atoms with Gasteiger partial charge in [0.25, 0.3) is 0 Å². The molecule has 0 radical (unpaired) electrons. The van der Waals surface area contributed by atoms with E-state index in [0.29, 0.717) is 12.0 Å². The molecular formula is C12H14BrFN4. The van der Waals surface area contributed by atoms with E-state index in [1.807, 2.05) is 14.0 Å². The molecule has 0 saturated carbocycles. The summed E-state index contributed by atoms with van der Waals surface area (Å²) in [5.41, 5.74) is 8.37. The smallest absolute Gasteiger partial charge is 0.146 e. The largest absolute Gasteiger partial charge is 0.324 e. The van der Waals surface area contributed by atoms with Crippen LogP contribution in [-0.4, -0.2) is 14.8 Å². The Morgan fingerprint density at radius 1 is 1.56 bits per heavy atom. The van der Waals surface area contributed by atoms with Crippen LogP contribution in [0.2, 0.25) is 0 Å². The van der Waals surface area contributed by atoms with Crippen LogP contribution in [-0.2, 0) is 13.5 Å². The van der Waals surface area contributed by atoms with Gasteiger partial charge < -0.3 is 5.73 Å². The molecular weight excluding hydrogens is 299 g/mol. The van der Waals surface area contributed by atoms with Gasteiger partial charge in [0.15, 0.2) is 0 Å². The van der Waals surface area contributed by atoms with E-state index in [9.17, 15) is 4.39 Å². The summed E-state index contributed by atoms with van der Waals surface area (Å²) in [7, 11) is 1.85. The molecule has 2 aromatic heterocycles. The number of hydrogen-bond acceptors (Lipinski definition) is 3. The van der Waals surface area contributed by atoms with Crippen molar-refractivity contribution in [2.45, 2.75) is 19.4 Å². The van der Waals surface area contributed by atoms with Gasteiger partial charge >= 0.3 is 0 Å². The highest BCUT2D eigenvalue weighted by Gasteiger charge is 2.17. The highest BCUT2D eigenvalue weighted by atomic mass is 79.9. The van der Waals surface area contributed by atoms with E-state index in [0.717, 1.165) is 15.9 Å². The molecule has 0 aliphatic rings. The molecule has 2 aromatic rings. The first kappa shape index (κ1) is 13.2. The Morgan fingerprint density at radius 3 is 2.83 bits per heavy atom. The molecule has 0 aliphatic carbocycles. The van der Waals surface area contributed by atoms with Crippen molar-refractivity contribution in [1.82, 2.24) is 14.8 Å². The Balaban J connectivity index is 2.27. The molecule has 1 unspecified atom stereocenters. The zero-order valence-corrected chi connectivity index (χ0v) is 11.8. The van der Waals surface area contributed by atoms with Crippen molar-refractivity contribution < 1.29 is 4.39 Å². The van der Waals surface area contributed by atoms with E-state index in [4.69, 9.17) is 5.73 Å². The van der Waals surface area contributed by atoms with Crippen LogP contribution >= 0.6 is 15.9 Å². The number of aryl methyl sites for hydroxylation is 2. The molecule has 0 amide bonds. The average Bonchev–Trinajstić information content (AvgIpc) is 2.56. The Kier molecular flexibility index (Phi) is 3.77. The molecule has 1 atom stereocenters. The fraction of sp³-hybridized carbons (Fsp3) is 0.333. The van der Waals surface area contributed by atoms with Gasteiger partial charge in [-0.1, -0.05) is 0 Å². The second-order valence-electron chi connectivity index (χ2n) is 4.18. The quantitative estimate of drug-likeness (QED) is 0.946. The Bertz CT molecular complexity index is 567. The summed E-state index contributed by atoms with van der Waals surface area (Å²) in [6.45, 7) is 1.91. The average molecular weight is 313 g/mol. The second-order valence-corrected chi connectivity index (χ2v) is 4.97. The summed E-state index contributed by atoms with van der Waals surface area (Å²) in [6, 6.07) is 1.19. The highest BCUT2D eigenvalue weighted by Crippen LogP contribution is 2.25. The first-order valence-electron chi connectivity index (χ1n) is 5.53. The van der Waals surface area contributed by atoms with Crippen molar-refractivity contribution in [3.05, 3.63) is 45.7 Å². The third kappa shape index (κ3) is 2.44. The molecule has 2 rings (SSSR count). The molecule has 4 nitrogen and oxygen atoms in total. The third-order valence-electron chi connectivity index (χ3n) is 2.88.